The van der Waals surface area contributed by atoms with Crippen LogP contribution in [-0.2, 0) is 9.59 Å². The van der Waals surface area contributed by atoms with Crippen LogP contribution in [0.5, 0.6) is 5.75 Å². The van der Waals surface area contributed by atoms with Gasteiger partial charge in [0.1, 0.15) is 5.75 Å². The molecule has 1 amide bonds. The first-order valence-electron chi connectivity index (χ1n) is 10.5. The maximum absolute atomic E-state index is 13.5. The van der Waals surface area contributed by atoms with Gasteiger partial charge in [0.25, 0.3) is 0 Å². The van der Waals surface area contributed by atoms with Crippen LogP contribution in [0.1, 0.15) is 52.1 Å². The zero-order valence-corrected chi connectivity index (χ0v) is 18.0. The Balaban J connectivity index is 2.02. The van der Waals surface area contributed by atoms with Crippen LogP contribution >= 0.6 is 0 Å². The van der Waals surface area contributed by atoms with E-state index in [0.717, 1.165) is 29.1 Å². The molecule has 0 spiro atoms. The first kappa shape index (κ1) is 20.2. The first-order valence-corrected chi connectivity index (χ1v) is 10.5. The third-order valence-corrected chi connectivity index (χ3v) is 5.75. The second-order valence-corrected chi connectivity index (χ2v) is 8.74. The summed E-state index contributed by atoms with van der Waals surface area (Å²) >= 11 is 0. The number of ether oxygens (including phenoxy) is 1. The molecule has 0 fully saturated rings. The largest absolute Gasteiger partial charge is 0.494 e. The Morgan fingerprint density at radius 2 is 1.83 bits per heavy atom. The fraction of sp³-hybridized carbons (Fsp3) is 0.360. The summed E-state index contributed by atoms with van der Waals surface area (Å²) in [4.78, 5) is 28.2. The molecule has 30 heavy (non-hydrogen) atoms. The van der Waals surface area contributed by atoms with E-state index >= 15 is 0 Å². The molecule has 2 aliphatic rings. The summed E-state index contributed by atoms with van der Waals surface area (Å²) in [6, 6.07) is 14.9. The molecule has 5 heteroatoms. The highest BCUT2D eigenvalue weighted by atomic mass is 16.5. The van der Waals surface area contributed by atoms with E-state index in [1.165, 1.54) is 0 Å². The van der Waals surface area contributed by atoms with Gasteiger partial charge in [0.15, 0.2) is 5.78 Å². The standard InChI is InChI=1S/C25H28N2O3/c1-5-30-22-13-9-6-10-17(22)24-23-19(14-25(3,4)15-21(23)29)26-18-11-7-8-12-20(18)27(24)16(2)28/h6-13,24,26H,5,14-15H2,1-4H3. The molecule has 4 rings (SSSR count). The summed E-state index contributed by atoms with van der Waals surface area (Å²) in [5, 5.41) is 3.51. The topological polar surface area (TPSA) is 58.6 Å². The quantitative estimate of drug-likeness (QED) is 0.759. The maximum atomic E-state index is 13.5. The summed E-state index contributed by atoms with van der Waals surface area (Å²) in [7, 11) is 0. The van der Waals surface area contributed by atoms with Gasteiger partial charge in [-0.3, -0.25) is 14.5 Å². The molecule has 2 aromatic carbocycles. The fourth-order valence-corrected chi connectivity index (χ4v) is 4.62. The number of para-hydroxylation sites is 3. The highest BCUT2D eigenvalue weighted by molar-refractivity contribution is 6.06. The molecule has 1 aliphatic carbocycles. The number of nitrogens with one attached hydrogen (secondary N) is 1. The lowest BCUT2D eigenvalue weighted by Gasteiger charge is -2.37. The lowest BCUT2D eigenvalue weighted by atomic mass is 9.73. The summed E-state index contributed by atoms with van der Waals surface area (Å²) in [5.74, 6) is 0.649. The molecule has 0 aromatic heterocycles. The molecule has 0 saturated heterocycles. The molecule has 2 aromatic rings. The van der Waals surface area contributed by atoms with E-state index in [9.17, 15) is 9.59 Å². The van der Waals surface area contributed by atoms with Gasteiger partial charge in [-0.15, -0.1) is 0 Å². The van der Waals surface area contributed by atoms with E-state index in [-0.39, 0.29) is 17.1 Å². The molecule has 0 saturated carbocycles. The predicted molar refractivity (Wildman–Crippen MR) is 119 cm³/mol. The summed E-state index contributed by atoms with van der Waals surface area (Å²) in [6.07, 6.45) is 1.18. The number of allylic oxidation sites excluding steroid dienone is 1. The lowest BCUT2D eigenvalue weighted by Crippen LogP contribution is -2.38. The molecule has 1 N–H and O–H groups in total. The van der Waals surface area contributed by atoms with Crippen molar-refractivity contribution in [2.24, 2.45) is 5.41 Å². The van der Waals surface area contributed by atoms with Gasteiger partial charge in [-0.1, -0.05) is 44.2 Å². The number of nitrogens with zero attached hydrogens (tertiary/aromatic N) is 1. The van der Waals surface area contributed by atoms with E-state index < -0.39 is 6.04 Å². The zero-order valence-electron chi connectivity index (χ0n) is 18.0. The average molecular weight is 405 g/mol. The molecule has 1 atom stereocenters. The average Bonchev–Trinajstić information content (AvgIpc) is 2.81. The van der Waals surface area contributed by atoms with E-state index in [2.05, 4.69) is 19.2 Å². The number of hydrogen-bond acceptors (Lipinski definition) is 4. The van der Waals surface area contributed by atoms with Crippen LogP contribution in [0.4, 0.5) is 11.4 Å². The minimum absolute atomic E-state index is 0.0732. The van der Waals surface area contributed by atoms with Crippen molar-refractivity contribution in [3.8, 4) is 5.75 Å². The van der Waals surface area contributed by atoms with Gasteiger partial charge in [0.05, 0.1) is 24.0 Å². The molecular weight excluding hydrogens is 376 g/mol. The molecule has 5 nitrogen and oxygen atoms in total. The maximum Gasteiger partial charge on any atom is 0.224 e. The molecule has 1 unspecified atom stereocenters. The van der Waals surface area contributed by atoms with Crippen LogP contribution in [0.25, 0.3) is 0 Å². The van der Waals surface area contributed by atoms with Gasteiger partial charge >= 0.3 is 0 Å². The molecular formula is C25H28N2O3. The van der Waals surface area contributed by atoms with Gasteiger partial charge in [0, 0.05) is 30.2 Å². The normalized spacial score (nSPS) is 20.1. The number of carbonyl (C=O) groups excluding carboxylic acids is 2. The second kappa shape index (κ2) is 7.63. The molecule has 0 bridgehead atoms. The SMILES string of the molecule is CCOc1ccccc1C1C2=C(CC(C)(C)CC2=O)Nc2ccccc2N1C(C)=O. The van der Waals surface area contributed by atoms with Crippen LogP contribution in [0.15, 0.2) is 59.8 Å². The number of anilines is 2. The number of ketones is 1. The van der Waals surface area contributed by atoms with Crippen LogP contribution in [0, 0.1) is 5.41 Å². The van der Waals surface area contributed by atoms with Gasteiger partial charge in [-0.25, -0.2) is 0 Å². The zero-order chi connectivity index (χ0) is 21.5. The molecule has 1 heterocycles. The Bertz CT molecular complexity index is 1040. The lowest BCUT2D eigenvalue weighted by molar-refractivity contribution is -0.118. The van der Waals surface area contributed by atoms with E-state index in [1.54, 1.807) is 11.8 Å². The van der Waals surface area contributed by atoms with Gasteiger partial charge in [-0.05, 0) is 37.0 Å². The summed E-state index contributed by atoms with van der Waals surface area (Å²) in [5.41, 5.74) is 3.83. The number of benzene rings is 2. The van der Waals surface area contributed by atoms with E-state index in [1.807, 2.05) is 55.5 Å². The Kier molecular flexibility index (Phi) is 5.14. The Labute approximate surface area is 177 Å². The van der Waals surface area contributed by atoms with Crippen molar-refractivity contribution in [3.63, 3.8) is 0 Å². The predicted octanol–water partition coefficient (Wildman–Crippen LogP) is 5.25. The molecule has 1 aliphatic heterocycles. The third-order valence-electron chi connectivity index (χ3n) is 5.75. The van der Waals surface area contributed by atoms with Gasteiger partial charge in [-0.2, -0.15) is 0 Å². The van der Waals surface area contributed by atoms with Crippen molar-refractivity contribution in [3.05, 3.63) is 65.4 Å². The smallest absolute Gasteiger partial charge is 0.224 e. The monoisotopic (exact) mass is 404 g/mol. The summed E-state index contributed by atoms with van der Waals surface area (Å²) in [6.45, 7) is 8.21. The van der Waals surface area contributed by atoms with Crippen LogP contribution in [0.3, 0.4) is 0 Å². The number of amides is 1. The van der Waals surface area contributed by atoms with Crippen LogP contribution in [0.2, 0.25) is 0 Å². The van der Waals surface area contributed by atoms with Crippen molar-refractivity contribution in [1.82, 2.24) is 0 Å². The van der Waals surface area contributed by atoms with Crippen LogP contribution < -0.4 is 15.0 Å². The Morgan fingerprint density at radius 1 is 1.13 bits per heavy atom. The van der Waals surface area contributed by atoms with Gasteiger partial charge in [0.2, 0.25) is 5.91 Å². The van der Waals surface area contributed by atoms with Crippen molar-refractivity contribution in [2.45, 2.75) is 46.6 Å². The van der Waals surface area contributed by atoms with Crippen LogP contribution in [-0.4, -0.2) is 18.3 Å². The Morgan fingerprint density at radius 3 is 2.57 bits per heavy atom. The molecule has 0 radical (unpaired) electrons. The van der Waals surface area contributed by atoms with E-state index in [4.69, 9.17) is 4.74 Å². The van der Waals surface area contributed by atoms with Crippen molar-refractivity contribution >= 4 is 23.1 Å². The number of fused-ring (bicyclic) bond motifs is 1. The number of carbonyl (C=O) groups is 2. The minimum Gasteiger partial charge on any atom is -0.494 e. The first-order chi connectivity index (χ1) is 14.3. The number of rotatable bonds is 3. The van der Waals surface area contributed by atoms with Crippen molar-refractivity contribution in [1.29, 1.82) is 0 Å². The van der Waals surface area contributed by atoms with Gasteiger partial charge < -0.3 is 10.1 Å². The minimum atomic E-state index is -0.542. The third kappa shape index (κ3) is 3.49. The van der Waals surface area contributed by atoms with Crippen molar-refractivity contribution in [2.75, 3.05) is 16.8 Å². The molecule has 156 valence electrons. The number of hydrogen-bond donors (Lipinski definition) is 1. The highest BCUT2D eigenvalue weighted by Gasteiger charge is 2.43. The number of Topliss-reactive ketones (excluding diaryl/α,β-unsaturated/α-hetero) is 1. The van der Waals surface area contributed by atoms with E-state index in [0.29, 0.717) is 24.4 Å². The second-order valence-electron chi connectivity index (χ2n) is 8.74. The van der Waals surface area contributed by atoms with Crippen molar-refractivity contribution < 1.29 is 14.3 Å². The highest BCUT2D eigenvalue weighted by Crippen LogP contribution is 2.49. The fourth-order valence-electron chi connectivity index (χ4n) is 4.62. The summed E-state index contributed by atoms with van der Waals surface area (Å²) < 4.78 is 5.91. The Hall–Kier alpha value is -3.08.